The molecule has 20 heavy (non-hydrogen) atoms. The molecular weight excluding hydrogens is 256 g/mol. The van der Waals surface area contributed by atoms with Crippen molar-refractivity contribution in [3.63, 3.8) is 0 Å². The Balaban J connectivity index is 2.00. The van der Waals surface area contributed by atoms with Gasteiger partial charge in [-0.1, -0.05) is 18.2 Å². The number of hydroxylamine groups is 2. The molecule has 1 heterocycles. The number of amides is 1. The van der Waals surface area contributed by atoms with Crippen molar-refractivity contribution in [1.29, 1.82) is 0 Å². The third-order valence-electron chi connectivity index (χ3n) is 3.09. The van der Waals surface area contributed by atoms with Crippen LogP contribution in [-0.4, -0.2) is 24.8 Å². The zero-order chi connectivity index (χ0) is 14.5. The molecule has 1 amide bonds. The van der Waals surface area contributed by atoms with Crippen LogP contribution in [0.3, 0.4) is 0 Å². The molecule has 0 unspecified atom stereocenters. The van der Waals surface area contributed by atoms with Crippen molar-refractivity contribution in [1.82, 2.24) is 10.4 Å². The van der Waals surface area contributed by atoms with Gasteiger partial charge in [-0.3, -0.25) is 15.2 Å². The van der Waals surface area contributed by atoms with Gasteiger partial charge in [-0.25, -0.2) is 4.79 Å². The number of rotatable bonds is 3. The summed E-state index contributed by atoms with van der Waals surface area (Å²) in [5, 5.41) is 4.44. The minimum absolute atomic E-state index is 0.476. The SMILES string of the molecule is CON1CC(NC(=O)Oc2ccccc2)=CC(C)=C1C. The molecule has 5 nitrogen and oxygen atoms in total. The van der Waals surface area contributed by atoms with Gasteiger partial charge in [0.2, 0.25) is 0 Å². The molecule has 2 rings (SSSR count). The van der Waals surface area contributed by atoms with E-state index >= 15 is 0 Å². The Hall–Kier alpha value is -2.27. The summed E-state index contributed by atoms with van der Waals surface area (Å²) in [6.45, 7) is 4.41. The third kappa shape index (κ3) is 3.39. The maximum atomic E-state index is 11.8. The van der Waals surface area contributed by atoms with Gasteiger partial charge in [0, 0.05) is 11.4 Å². The second kappa shape index (κ2) is 6.25. The summed E-state index contributed by atoms with van der Waals surface area (Å²) in [5.74, 6) is 0.508. The van der Waals surface area contributed by atoms with E-state index in [4.69, 9.17) is 9.57 Å². The summed E-state index contributed by atoms with van der Waals surface area (Å²) in [4.78, 5) is 17.1. The molecule has 1 aliphatic heterocycles. The lowest BCUT2D eigenvalue weighted by molar-refractivity contribution is -0.0952. The van der Waals surface area contributed by atoms with Crippen molar-refractivity contribution >= 4 is 6.09 Å². The number of hydrogen-bond acceptors (Lipinski definition) is 4. The van der Waals surface area contributed by atoms with Crippen molar-refractivity contribution in [3.05, 3.63) is 53.4 Å². The molecule has 0 atom stereocenters. The van der Waals surface area contributed by atoms with Gasteiger partial charge in [0.05, 0.1) is 13.7 Å². The number of para-hydroxylation sites is 1. The average molecular weight is 274 g/mol. The van der Waals surface area contributed by atoms with Crippen LogP contribution in [0.2, 0.25) is 0 Å². The first-order valence-corrected chi connectivity index (χ1v) is 6.33. The van der Waals surface area contributed by atoms with Crippen LogP contribution in [0.15, 0.2) is 53.4 Å². The number of nitrogens with zero attached hydrogens (tertiary/aromatic N) is 1. The minimum Gasteiger partial charge on any atom is -0.410 e. The van der Waals surface area contributed by atoms with Gasteiger partial charge in [0.1, 0.15) is 5.75 Å². The van der Waals surface area contributed by atoms with E-state index in [0.29, 0.717) is 12.3 Å². The molecular formula is C15H18N2O3. The summed E-state index contributed by atoms with van der Waals surface area (Å²) >= 11 is 0. The highest BCUT2D eigenvalue weighted by atomic mass is 16.7. The smallest absolute Gasteiger partial charge is 0.410 e. The van der Waals surface area contributed by atoms with Crippen LogP contribution in [0.1, 0.15) is 13.8 Å². The number of carbonyl (C=O) groups excluding carboxylic acids is 1. The second-order valence-electron chi connectivity index (χ2n) is 4.48. The van der Waals surface area contributed by atoms with Crippen molar-refractivity contribution < 1.29 is 14.4 Å². The molecule has 106 valence electrons. The van der Waals surface area contributed by atoms with Crippen molar-refractivity contribution in [3.8, 4) is 5.75 Å². The molecule has 1 aliphatic rings. The molecule has 0 aromatic heterocycles. The van der Waals surface area contributed by atoms with Gasteiger partial charge in [0.15, 0.2) is 0 Å². The fourth-order valence-electron chi connectivity index (χ4n) is 1.91. The van der Waals surface area contributed by atoms with Gasteiger partial charge < -0.3 is 4.74 Å². The molecule has 1 N–H and O–H groups in total. The van der Waals surface area contributed by atoms with Crippen molar-refractivity contribution in [2.45, 2.75) is 13.8 Å². The fraction of sp³-hybridized carbons (Fsp3) is 0.267. The highest BCUT2D eigenvalue weighted by Gasteiger charge is 2.17. The van der Waals surface area contributed by atoms with Crippen LogP contribution in [-0.2, 0) is 4.84 Å². The molecule has 1 aromatic carbocycles. The van der Waals surface area contributed by atoms with E-state index in [1.165, 1.54) is 0 Å². The Bertz CT molecular complexity index is 549. The molecule has 0 saturated carbocycles. The van der Waals surface area contributed by atoms with Crippen LogP contribution in [0.25, 0.3) is 0 Å². The molecule has 0 spiro atoms. The predicted octanol–water partition coefficient (Wildman–Crippen LogP) is 2.83. The Morgan fingerprint density at radius 3 is 2.60 bits per heavy atom. The summed E-state index contributed by atoms with van der Waals surface area (Å²) in [7, 11) is 1.60. The lowest BCUT2D eigenvalue weighted by Crippen LogP contribution is -2.35. The van der Waals surface area contributed by atoms with Crippen LogP contribution in [0.4, 0.5) is 4.79 Å². The van der Waals surface area contributed by atoms with Gasteiger partial charge in [-0.05, 0) is 37.6 Å². The molecule has 0 bridgehead atoms. The number of ether oxygens (including phenoxy) is 1. The normalized spacial score (nSPS) is 14.9. The van der Waals surface area contributed by atoms with E-state index < -0.39 is 6.09 Å². The van der Waals surface area contributed by atoms with E-state index in [1.807, 2.05) is 38.1 Å². The first kappa shape index (κ1) is 14.1. The van der Waals surface area contributed by atoms with E-state index in [-0.39, 0.29) is 0 Å². The Morgan fingerprint density at radius 2 is 1.95 bits per heavy atom. The van der Waals surface area contributed by atoms with Crippen LogP contribution >= 0.6 is 0 Å². The molecule has 0 fully saturated rings. The number of carbonyl (C=O) groups is 1. The van der Waals surface area contributed by atoms with E-state index in [2.05, 4.69) is 5.32 Å². The first-order chi connectivity index (χ1) is 9.60. The van der Waals surface area contributed by atoms with E-state index in [0.717, 1.165) is 17.0 Å². The maximum absolute atomic E-state index is 11.8. The van der Waals surface area contributed by atoms with Gasteiger partial charge in [-0.2, -0.15) is 0 Å². The zero-order valence-corrected chi connectivity index (χ0v) is 11.8. The topological polar surface area (TPSA) is 50.8 Å². The van der Waals surface area contributed by atoms with Crippen LogP contribution < -0.4 is 10.1 Å². The lowest BCUT2D eigenvalue weighted by atomic mass is 10.1. The van der Waals surface area contributed by atoms with Crippen LogP contribution in [0, 0.1) is 0 Å². The number of nitrogens with one attached hydrogen (secondary N) is 1. The summed E-state index contributed by atoms with van der Waals surface area (Å²) in [6, 6.07) is 8.94. The Kier molecular flexibility index (Phi) is 4.42. The first-order valence-electron chi connectivity index (χ1n) is 6.33. The summed E-state index contributed by atoms with van der Waals surface area (Å²) in [6.07, 6.45) is 1.41. The fourth-order valence-corrected chi connectivity index (χ4v) is 1.91. The largest absolute Gasteiger partial charge is 0.416 e. The Morgan fingerprint density at radius 1 is 1.25 bits per heavy atom. The summed E-state index contributed by atoms with van der Waals surface area (Å²) in [5.41, 5.74) is 2.79. The minimum atomic E-state index is -0.508. The lowest BCUT2D eigenvalue weighted by Gasteiger charge is -2.28. The maximum Gasteiger partial charge on any atom is 0.416 e. The molecule has 5 heteroatoms. The third-order valence-corrected chi connectivity index (χ3v) is 3.09. The van der Waals surface area contributed by atoms with Crippen molar-refractivity contribution in [2.75, 3.05) is 13.7 Å². The number of benzene rings is 1. The predicted molar refractivity (Wildman–Crippen MR) is 75.8 cm³/mol. The standard InChI is InChI=1S/C15H18N2O3/c1-11-9-13(10-17(19-3)12(11)2)16-15(18)20-14-7-5-4-6-8-14/h4-9H,10H2,1-3H3,(H,16,18). The highest BCUT2D eigenvalue weighted by Crippen LogP contribution is 2.19. The van der Waals surface area contributed by atoms with Gasteiger partial charge in [-0.15, -0.1) is 0 Å². The number of allylic oxidation sites excluding steroid dienone is 3. The van der Waals surface area contributed by atoms with Crippen molar-refractivity contribution in [2.24, 2.45) is 0 Å². The zero-order valence-electron chi connectivity index (χ0n) is 11.8. The molecule has 0 aliphatic carbocycles. The molecule has 0 saturated heterocycles. The molecule has 0 radical (unpaired) electrons. The highest BCUT2D eigenvalue weighted by molar-refractivity contribution is 5.72. The Labute approximate surface area is 118 Å². The second-order valence-corrected chi connectivity index (χ2v) is 4.48. The molecule has 1 aromatic rings. The van der Waals surface area contributed by atoms with Gasteiger partial charge >= 0.3 is 6.09 Å². The van der Waals surface area contributed by atoms with Gasteiger partial charge in [0.25, 0.3) is 0 Å². The van der Waals surface area contributed by atoms with E-state index in [1.54, 1.807) is 24.3 Å². The van der Waals surface area contributed by atoms with E-state index in [9.17, 15) is 4.79 Å². The average Bonchev–Trinajstić information content (AvgIpc) is 2.43. The quantitative estimate of drug-likeness (QED) is 0.920. The monoisotopic (exact) mass is 274 g/mol. The summed E-state index contributed by atoms with van der Waals surface area (Å²) < 4.78 is 5.18. The van der Waals surface area contributed by atoms with Crippen LogP contribution in [0.5, 0.6) is 5.75 Å². The number of hydrogen-bond donors (Lipinski definition) is 1.